The predicted molar refractivity (Wildman–Crippen MR) is 152 cm³/mol. The molecule has 0 aliphatic heterocycles. The standard InChI is InChI=1S/C30H30N2O3S2/c1-24-12-8-9-15-26(24)23-36-21-20-31-30(33)28-18-10-11-19-29(28)32(22-25-13-4-2-5-14-25)37(34,35)27-16-6-3-7-17-27/h2-19H,20-23H2,1H3,(H,31,33). The molecule has 0 aliphatic rings. The van der Waals surface area contributed by atoms with Crippen LogP contribution in [0.5, 0.6) is 0 Å². The zero-order valence-corrected chi connectivity index (χ0v) is 22.3. The van der Waals surface area contributed by atoms with E-state index in [1.807, 2.05) is 42.5 Å². The van der Waals surface area contributed by atoms with Gasteiger partial charge in [-0.2, -0.15) is 11.8 Å². The van der Waals surface area contributed by atoms with Gasteiger partial charge in [-0.25, -0.2) is 8.42 Å². The molecule has 4 rings (SSSR count). The summed E-state index contributed by atoms with van der Waals surface area (Å²) in [6.45, 7) is 2.68. The van der Waals surface area contributed by atoms with Gasteiger partial charge in [0.15, 0.2) is 0 Å². The zero-order chi connectivity index (χ0) is 26.1. The van der Waals surface area contributed by atoms with Crippen LogP contribution in [0.3, 0.4) is 0 Å². The van der Waals surface area contributed by atoms with Crippen molar-refractivity contribution in [2.45, 2.75) is 24.1 Å². The molecule has 0 saturated carbocycles. The smallest absolute Gasteiger partial charge is 0.264 e. The first kappa shape index (κ1) is 26.5. The van der Waals surface area contributed by atoms with Gasteiger partial charge in [0, 0.05) is 18.1 Å². The van der Waals surface area contributed by atoms with Crippen LogP contribution in [0.2, 0.25) is 0 Å². The lowest BCUT2D eigenvalue weighted by atomic mass is 10.1. The van der Waals surface area contributed by atoms with Crippen LogP contribution < -0.4 is 9.62 Å². The molecule has 1 amide bonds. The van der Waals surface area contributed by atoms with E-state index in [1.54, 1.807) is 66.4 Å². The maximum absolute atomic E-state index is 13.8. The minimum absolute atomic E-state index is 0.106. The minimum atomic E-state index is -3.92. The predicted octanol–water partition coefficient (Wildman–Crippen LogP) is 6.05. The van der Waals surface area contributed by atoms with E-state index in [4.69, 9.17) is 0 Å². The topological polar surface area (TPSA) is 66.5 Å². The second-order valence-corrected chi connectivity index (χ2v) is 11.5. The molecule has 0 aliphatic carbocycles. The maximum Gasteiger partial charge on any atom is 0.264 e. The summed E-state index contributed by atoms with van der Waals surface area (Å²) in [6, 6.07) is 32.8. The monoisotopic (exact) mass is 530 g/mol. The van der Waals surface area contributed by atoms with Gasteiger partial charge in [0.1, 0.15) is 0 Å². The van der Waals surface area contributed by atoms with Gasteiger partial charge in [-0.15, -0.1) is 0 Å². The second-order valence-electron chi connectivity index (χ2n) is 8.56. The van der Waals surface area contributed by atoms with Crippen molar-refractivity contribution in [1.29, 1.82) is 0 Å². The van der Waals surface area contributed by atoms with Gasteiger partial charge in [-0.05, 0) is 47.9 Å². The first-order valence-electron chi connectivity index (χ1n) is 12.1. The molecule has 0 aromatic heterocycles. The molecule has 0 bridgehead atoms. The number of rotatable bonds is 11. The van der Waals surface area contributed by atoms with E-state index < -0.39 is 10.0 Å². The molecule has 0 heterocycles. The van der Waals surface area contributed by atoms with Crippen molar-refractivity contribution < 1.29 is 13.2 Å². The number of amides is 1. The Kier molecular flexibility index (Phi) is 9.04. The van der Waals surface area contributed by atoms with Gasteiger partial charge in [-0.1, -0.05) is 84.9 Å². The van der Waals surface area contributed by atoms with E-state index in [-0.39, 0.29) is 17.3 Å². The Morgan fingerprint density at radius 3 is 2.16 bits per heavy atom. The van der Waals surface area contributed by atoms with Crippen molar-refractivity contribution in [2.75, 3.05) is 16.6 Å². The van der Waals surface area contributed by atoms with Gasteiger partial charge >= 0.3 is 0 Å². The lowest BCUT2D eigenvalue weighted by Crippen LogP contribution is -2.34. The Labute approximate surface area is 223 Å². The number of aryl methyl sites for hydroxylation is 1. The molecule has 1 N–H and O–H groups in total. The van der Waals surface area contributed by atoms with Crippen LogP contribution >= 0.6 is 11.8 Å². The highest BCUT2D eigenvalue weighted by Crippen LogP contribution is 2.29. The quantitative estimate of drug-likeness (QED) is 0.240. The number of carbonyl (C=O) groups is 1. The number of thioether (sulfide) groups is 1. The molecule has 0 fully saturated rings. The van der Waals surface area contributed by atoms with Crippen molar-refractivity contribution >= 4 is 33.4 Å². The van der Waals surface area contributed by atoms with E-state index in [9.17, 15) is 13.2 Å². The van der Waals surface area contributed by atoms with Crippen LogP contribution in [0.4, 0.5) is 5.69 Å². The fraction of sp³-hybridized carbons (Fsp3) is 0.167. The van der Waals surface area contributed by atoms with Gasteiger partial charge in [0.25, 0.3) is 15.9 Å². The van der Waals surface area contributed by atoms with E-state index in [2.05, 4.69) is 24.4 Å². The molecule has 4 aromatic rings. The number of carbonyl (C=O) groups excluding carboxylic acids is 1. The average molecular weight is 531 g/mol. The summed E-state index contributed by atoms with van der Waals surface area (Å²) in [5, 5.41) is 2.97. The molecule has 5 nitrogen and oxygen atoms in total. The molecule has 4 aromatic carbocycles. The second kappa shape index (κ2) is 12.6. The first-order valence-corrected chi connectivity index (χ1v) is 14.7. The summed E-state index contributed by atoms with van der Waals surface area (Å²) < 4.78 is 28.8. The SMILES string of the molecule is Cc1ccccc1CSCCNC(=O)c1ccccc1N(Cc1ccccc1)S(=O)(=O)c1ccccc1. The zero-order valence-electron chi connectivity index (χ0n) is 20.7. The van der Waals surface area contributed by atoms with Crippen molar-refractivity contribution in [1.82, 2.24) is 5.32 Å². The minimum Gasteiger partial charge on any atom is -0.351 e. The molecule has 0 spiro atoms. The third-order valence-electron chi connectivity index (χ3n) is 5.97. The van der Waals surface area contributed by atoms with Crippen molar-refractivity contribution in [2.24, 2.45) is 0 Å². The molecule has 0 atom stereocenters. The Balaban J connectivity index is 1.53. The van der Waals surface area contributed by atoms with Gasteiger partial charge < -0.3 is 5.32 Å². The van der Waals surface area contributed by atoms with E-state index in [1.165, 1.54) is 15.4 Å². The fourth-order valence-electron chi connectivity index (χ4n) is 3.94. The average Bonchev–Trinajstić information content (AvgIpc) is 2.93. The lowest BCUT2D eigenvalue weighted by Gasteiger charge is -2.26. The van der Waals surface area contributed by atoms with Crippen molar-refractivity contribution in [3.63, 3.8) is 0 Å². The summed E-state index contributed by atoms with van der Waals surface area (Å²) >= 11 is 1.75. The molecule has 7 heteroatoms. The number of anilines is 1. The van der Waals surface area contributed by atoms with Crippen LogP contribution in [0.15, 0.2) is 114 Å². The van der Waals surface area contributed by atoms with Crippen molar-refractivity contribution in [3.05, 3.63) is 131 Å². The third kappa shape index (κ3) is 6.81. The molecular formula is C30H30N2O3S2. The lowest BCUT2D eigenvalue weighted by molar-refractivity contribution is 0.0957. The maximum atomic E-state index is 13.8. The third-order valence-corrected chi connectivity index (χ3v) is 8.75. The Morgan fingerprint density at radius 2 is 1.43 bits per heavy atom. The van der Waals surface area contributed by atoms with Crippen LogP contribution in [0.1, 0.15) is 27.0 Å². The summed E-state index contributed by atoms with van der Waals surface area (Å²) in [7, 11) is -3.92. The molecule has 0 radical (unpaired) electrons. The summed E-state index contributed by atoms with van der Waals surface area (Å²) in [4.78, 5) is 13.4. The molecule has 0 saturated heterocycles. The highest BCUT2D eigenvalue weighted by atomic mass is 32.2. The van der Waals surface area contributed by atoms with Crippen molar-refractivity contribution in [3.8, 4) is 0 Å². The Bertz CT molecular complexity index is 1430. The number of para-hydroxylation sites is 1. The van der Waals surface area contributed by atoms with Crippen LogP contribution in [0.25, 0.3) is 0 Å². The summed E-state index contributed by atoms with van der Waals surface area (Å²) in [5.41, 5.74) is 4.03. The normalized spacial score (nSPS) is 11.2. The number of sulfonamides is 1. The number of nitrogens with zero attached hydrogens (tertiary/aromatic N) is 1. The highest BCUT2D eigenvalue weighted by Gasteiger charge is 2.28. The van der Waals surface area contributed by atoms with Crippen LogP contribution in [-0.2, 0) is 22.3 Å². The van der Waals surface area contributed by atoms with Gasteiger partial charge in [0.05, 0.1) is 22.7 Å². The number of hydrogen-bond donors (Lipinski definition) is 1. The van der Waals surface area contributed by atoms with Crippen LogP contribution in [0, 0.1) is 6.92 Å². The number of benzene rings is 4. The number of nitrogens with one attached hydrogen (secondary N) is 1. The molecule has 37 heavy (non-hydrogen) atoms. The van der Waals surface area contributed by atoms with Gasteiger partial charge in [-0.3, -0.25) is 9.10 Å². The van der Waals surface area contributed by atoms with E-state index in [0.717, 1.165) is 17.1 Å². The highest BCUT2D eigenvalue weighted by molar-refractivity contribution is 7.98. The Morgan fingerprint density at radius 1 is 0.811 bits per heavy atom. The number of hydrogen-bond acceptors (Lipinski definition) is 4. The first-order chi connectivity index (χ1) is 18.0. The molecule has 0 unspecified atom stereocenters. The van der Waals surface area contributed by atoms with Gasteiger partial charge in [0.2, 0.25) is 0 Å². The molecular weight excluding hydrogens is 500 g/mol. The Hall–Kier alpha value is -3.55. The summed E-state index contributed by atoms with van der Waals surface area (Å²) in [6.07, 6.45) is 0. The summed E-state index contributed by atoms with van der Waals surface area (Å²) in [5.74, 6) is 1.32. The molecule has 190 valence electrons. The largest absolute Gasteiger partial charge is 0.351 e. The fourth-order valence-corrected chi connectivity index (χ4v) is 6.37. The van der Waals surface area contributed by atoms with Crippen LogP contribution in [-0.4, -0.2) is 26.6 Å². The van der Waals surface area contributed by atoms with E-state index in [0.29, 0.717) is 17.8 Å². The van der Waals surface area contributed by atoms with E-state index >= 15 is 0 Å².